The Kier molecular flexibility index (Phi) is 4.90. The number of alkyl carbamates (subject to hydrolysis) is 1. The van der Waals surface area contributed by atoms with Gasteiger partial charge < -0.3 is 15.0 Å². The molecule has 144 valence electrons. The highest BCUT2D eigenvalue weighted by molar-refractivity contribution is 7.13. The lowest BCUT2D eigenvalue weighted by atomic mass is 9.84. The summed E-state index contributed by atoms with van der Waals surface area (Å²) in [5, 5.41) is 5.72. The molecule has 2 bridgehead atoms. The molecule has 5 rings (SSSR count). The third kappa shape index (κ3) is 3.99. The molecule has 1 atom stereocenters. The first-order chi connectivity index (χ1) is 12.9. The molecule has 27 heavy (non-hydrogen) atoms. The molecule has 0 spiro atoms. The summed E-state index contributed by atoms with van der Waals surface area (Å²) >= 11 is 1.46. The molecule has 7 heteroatoms. The predicted molar refractivity (Wildman–Crippen MR) is 103 cm³/mol. The second-order valence-corrected chi connectivity index (χ2v) is 8.69. The highest BCUT2D eigenvalue weighted by Gasteiger charge is 2.36. The van der Waals surface area contributed by atoms with E-state index in [2.05, 4.69) is 15.2 Å². The predicted octanol–water partition coefficient (Wildman–Crippen LogP) is 4.00. The van der Waals surface area contributed by atoms with Gasteiger partial charge in [-0.05, 0) is 70.0 Å². The average molecular weight is 389 g/mol. The van der Waals surface area contributed by atoms with E-state index in [0.717, 1.165) is 43.0 Å². The third-order valence-electron chi connectivity index (χ3n) is 5.52. The van der Waals surface area contributed by atoms with Crippen LogP contribution in [-0.4, -0.2) is 41.7 Å². The second-order valence-electron chi connectivity index (χ2n) is 7.83. The van der Waals surface area contributed by atoms with Gasteiger partial charge >= 0.3 is 6.09 Å². The van der Waals surface area contributed by atoms with Crippen molar-refractivity contribution >= 4 is 17.4 Å². The van der Waals surface area contributed by atoms with Crippen molar-refractivity contribution in [3.8, 4) is 10.6 Å². The zero-order valence-corrected chi connectivity index (χ0v) is 16.4. The number of amides is 1. The molecule has 2 aromatic rings. The number of ether oxygens (including phenoxy) is 1. The van der Waals surface area contributed by atoms with Gasteiger partial charge in [0, 0.05) is 23.5 Å². The minimum atomic E-state index is -0.840. The summed E-state index contributed by atoms with van der Waals surface area (Å²) in [5.74, 6) is 0.276. The van der Waals surface area contributed by atoms with E-state index in [0.29, 0.717) is 11.6 Å². The molecule has 1 amide bonds. The number of aromatic nitrogens is 1. The van der Waals surface area contributed by atoms with Crippen LogP contribution in [0.1, 0.15) is 32.4 Å². The number of rotatable bonds is 4. The Hall–Kier alpha value is -1.99. The van der Waals surface area contributed by atoms with Crippen LogP contribution in [-0.2, 0) is 10.3 Å². The van der Waals surface area contributed by atoms with E-state index in [1.165, 1.54) is 23.5 Å². The molecule has 1 aromatic heterocycles. The maximum atomic E-state index is 13.1. The van der Waals surface area contributed by atoms with Crippen LogP contribution >= 0.6 is 11.3 Å². The molecule has 1 unspecified atom stereocenters. The molecule has 1 aromatic carbocycles. The van der Waals surface area contributed by atoms with Crippen LogP contribution in [0.3, 0.4) is 0 Å². The van der Waals surface area contributed by atoms with Crippen LogP contribution in [0.25, 0.3) is 10.6 Å². The van der Waals surface area contributed by atoms with Gasteiger partial charge in [0.15, 0.2) is 5.60 Å². The van der Waals surface area contributed by atoms with E-state index < -0.39 is 11.7 Å². The van der Waals surface area contributed by atoms with E-state index in [1.54, 1.807) is 12.1 Å². The number of halogens is 1. The first-order valence-corrected chi connectivity index (χ1v) is 10.2. The Morgan fingerprint density at radius 2 is 2.00 bits per heavy atom. The summed E-state index contributed by atoms with van der Waals surface area (Å²) in [4.78, 5) is 19.5. The standard InChI is InChI=1S/C20H24FN3O2S/c1-20(2,17-12-27-18(23-17)14-3-5-15(21)6-4-14)26-19(25)22-16-11-24-9-7-13(16)8-10-24/h3-6,12-13,16H,7-11H2,1-2H3,(H,22,25). The number of carbonyl (C=O) groups excluding carboxylic acids is 1. The number of piperidine rings is 3. The topological polar surface area (TPSA) is 54.5 Å². The zero-order valence-electron chi connectivity index (χ0n) is 15.6. The number of hydrogen-bond acceptors (Lipinski definition) is 5. The van der Waals surface area contributed by atoms with Crippen LogP contribution in [0.5, 0.6) is 0 Å². The van der Waals surface area contributed by atoms with Gasteiger partial charge in [-0.25, -0.2) is 14.2 Å². The van der Waals surface area contributed by atoms with Gasteiger partial charge in [0.1, 0.15) is 10.8 Å². The van der Waals surface area contributed by atoms with Crippen LogP contribution in [0.15, 0.2) is 29.6 Å². The molecule has 1 N–H and O–H groups in total. The molecular formula is C20H24FN3O2S. The fourth-order valence-corrected chi connectivity index (χ4v) is 4.85. The number of hydrogen-bond donors (Lipinski definition) is 1. The Morgan fingerprint density at radius 1 is 1.30 bits per heavy atom. The van der Waals surface area contributed by atoms with Crippen molar-refractivity contribution in [1.82, 2.24) is 15.2 Å². The van der Waals surface area contributed by atoms with Gasteiger partial charge in [0.2, 0.25) is 0 Å². The molecule has 0 saturated carbocycles. The number of fused-ring (bicyclic) bond motifs is 3. The lowest BCUT2D eigenvalue weighted by Crippen LogP contribution is -2.57. The first kappa shape index (κ1) is 18.4. The monoisotopic (exact) mass is 389 g/mol. The number of nitrogens with one attached hydrogen (secondary N) is 1. The molecule has 0 radical (unpaired) electrons. The molecule has 3 fully saturated rings. The molecular weight excluding hydrogens is 365 g/mol. The SMILES string of the molecule is CC(C)(OC(=O)NC1CN2CCC1CC2)c1csc(-c2ccc(F)cc2)n1. The van der Waals surface area contributed by atoms with E-state index in [4.69, 9.17) is 4.74 Å². The number of thiazole rings is 1. The van der Waals surface area contributed by atoms with Crippen molar-refractivity contribution < 1.29 is 13.9 Å². The van der Waals surface area contributed by atoms with Crippen molar-refractivity contribution in [1.29, 1.82) is 0 Å². The Morgan fingerprint density at radius 3 is 2.63 bits per heavy atom. The Labute approximate surface area is 162 Å². The summed E-state index contributed by atoms with van der Waals surface area (Å²) in [6.07, 6.45) is 1.89. The normalized spacial score (nSPS) is 24.6. The van der Waals surface area contributed by atoms with Crippen molar-refractivity contribution in [2.75, 3.05) is 19.6 Å². The third-order valence-corrected chi connectivity index (χ3v) is 6.41. The van der Waals surface area contributed by atoms with E-state index in [1.807, 2.05) is 19.2 Å². The van der Waals surface area contributed by atoms with Crippen LogP contribution in [0.4, 0.5) is 9.18 Å². The maximum Gasteiger partial charge on any atom is 0.408 e. The lowest BCUT2D eigenvalue weighted by Gasteiger charge is -2.44. The zero-order chi connectivity index (χ0) is 19.0. The maximum absolute atomic E-state index is 13.1. The van der Waals surface area contributed by atoms with Crippen molar-refractivity contribution in [2.24, 2.45) is 5.92 Å². The minimum Gasteiger partial charge on any atom is -0.437 e. The molecule has 4 heterocycles. The average Bonchev–Trinajstić information content (AvgIpc) is 3.14. The molecule has 0 aliphatic carbocycles. The lowest BCUT2D eigenvalue weighted by molar-refractivity contribution is 0.0186. The fourth-order valence-electron chi connectivity index (χ4n) is 3.87. The Bertz CT molecular complexity index is 813. The van der Waals surface area contributed by atoms with E-state index in [-0.39, 0.29) is 11.9 Å². The second kappa shape index (κ2) is 7.20. The quantitative estimate of drug-likeness (QED) is 0.859. The van der Waals surface area contributed by atoms with Crippen molar-refractivity contribution in [3.05, 3.63) is 41.2 Å². The fraction of sp³-hybridized carbons (Fsp3) is 0.500. The smallest absolute Gasteiger partial charge is 0.408 e. The molecule has 5 nitrogen and oxygen atoms in total. The summed E-state index contributed by atoms with van der Waals surface area (Å²) in [7, 11) is 0. The number of benzene rings is 1. The molecule has 3 saturated heterocycles. The van der Waals surface area contributed by atoms with Gasteiger partial charge in [0.05, 0.1) is 5.69 Å². The number of nitrogens with zero attached hydrogens (tertiary/aromatic N) is 2. The van der Waals surface area contributed by atoms with Gasteiger partial charge in [0.25, 0.3) is 0 Å². The van der Waals surface area contributed by atoms with Gasteiger partial charge in [-0.2, -0.15) is 0 Å². The van der Waals surface area contributed by atoms with Gasteiger partial charge in [-0.1, -0.05) is 0 Å². The largest absolute Gasteiger partial charge is 0.437 e. The molecule has 3 aliphatic rings. The van der Waals surface area contributed by atoms with Crippen LogP contribution in [0.2, 0.25) is 0 Å². The highest BCUT2D eigenvalue weighted by Crippen LogP contribution is 2.32. The Balaban J connectivity index is 1.41. The van der Waals surface area contributed by atoms with E-state index >= 15 is 0 Å². The summed E-state index contributed by atoms with van der Waals surface area (Å²) < 4.78 is 18.8. The van der Waals surface area contributed by atoms with E-state index in [9.17, 15) is 9.18 Å². The summed E-state index contributed by atoms with van der Waals surface area (Å²) in [6.45, 7) is 6.85. The summed E-state index contributed by atoms with van der Waals surface area (Å²) in [5.41, 5.74) is 0.698. The first-order valence-electron chi connectivity index (χ1n) is 9.34. The van der Waals surface area contributed by atoms with Crippen molar-refractivity contribution in [2.45, 2.75) is 38.3 Å². The van der Waals surface area contributed by atoms with Crippen molar-refractivity contribution in [3.63, 3.8) is 0 Å². The highest BCUT2D eigenvalue weighted by atomic mass is 32.1. The van der Waals surface area contributed by atoms with Crippen LogP contribution in [0, 0.1) is 11.7 Å². The van der Waals surface area contributed by atoms with Gasteiger partial charge in [-0.3, -0.25) is 0 Å². The van der Waals surface area contributed by atoms with Gasteiger partial charge in [-0.15, -0.1) is 11.3 Å². The minimum absolute atomic E-state index is 0.168. The van der Waals surface area contributed by atoms with Crippen LogP contribution < -0.4 is 5.32 Å². The summed E-state index contributed by atoms with van der Waals surface area (Å²) in [6, 6.07) is 6.40. The number of carbonyl (C=O) groups is 1. The molecule has 3 aliphatic heterocycles.